The van der Waals surface area contributed by atoms with Gasteiger partial charge in [0.05, 0.1) is 0 Å². The number of hydrogen-bond acceptors (Lipinski definition) is 0. The van der Waals surface area contributed by atoms with Crippen LogP contribution in [0.2, 0.25) is 0 Å². The first-order valence-corrected chi connectivity index (χ1v) is 8.60. The minimum absolute atomic E-state index is 0.847. The molecule has 0 aromatic carbocycles. The van der Waals surface area contributed by atoms with Crippen LogP contribution >= 0.6 is 0 Å². The van der Waals surface area contributed by atoms with Gasteiger partial charge in [-0.15, -0.1) is 0 Å². The topological polar surface area (TPSA) is 0 Å². The van der Waals surface area contributed by atoms with E-state index < -0.39 is 63.2 Å². The van der Waals surface area contributed by atoms with Crippen molar-refractivity contribution in [2.45, 2.75) is 75.2 Å². The SMILES string of the molecule is CCC(F)C(F)(F)[SiH](C(F)(F)C(F)CC)C(F)(F)C(F)CC. The van der Waals surface area contributed by atoms with Crippen molar-refractivity contribution < 1.29 is 39.5 Å². The van der Waals surface area contributed by atoms with Crippen molar-refractivity contribution in [2.24, 2.45) is 0 Å². The summed E-state index contributed by atoms with van der Waals surface area (Å²) in [4.78, 5) is 0. The maximum Gasteiger partial charge on any atom is 0.297 e. The lowest BCUT2D eigenvalue weighted by molar-refractivity contribution is -0.0927. The third-order valence-electron chi connectivity index (χ3n) is 3.48. The van der Waals surface area contributed by atoms with E-state index in [1.807, 2.05) is 0 Å². The Labute approximate surface area is 124 Å². The molecule has 3 unspecified atom stereocenters. The van der Waals surface area contributed by atoms with Gasteiger partial charge in [-0.1, -0.05) is 20.8 Å². The van der Waals surface area contributed by atoms with E-state index in [9.17, 15) is 39.5 Å². The maximum atomic E-state index is 13.9. The molecule has 0 aliphatic heterocycles. The standard InChI is InChI=1S/C12H19F9Si/c1-4-7(13)10(16,17)22(11(18,19)8(14)5-2)12(20,21)9(15)6-3/h7-9,22H,4-6H2,1-3H3. The fourth-order valence-electron chi connectivity index (χ4n) is 2.13. The zero-order valence-corrected chi connectivity index (χ0v) is 13.5. The second kappa shape index (κ2) is 7.44. The summed E-state index contributed by atoms with van der Waals surface area (Å²) in [6.07, 6.45) is -13.0. The minimum Gasteiger partial charge on any atom is -0.241 e. The van der Waals surface area contributed by atoms with Gasteiger partial charge in [-0.05, 0) is 19.3 Å². The summed E-state index contributed by atoms with van der Waals surface area (Å²) < 4.78 is 123. The second-order valence-corrected chi connectivity index (χ2v) is 8.26. The first-order valence-electron chi connectivity index (χ1n) is 6.87. The molecular weight excluding hydrogens is 343 g/mol. The summed E-state index contributed by atoms with van der Waals surface area (Å²) in [5.41, 5.74) is -15.5. The molecule has 10 heteroatoms. The molecular formula is C12H19F9Si. The molecule has 0 aromatic heterocycles. The molecule has 0 rings (SSSR count). The van der Waals surface area contributed by atoms with Crippen LogP contribution in [0.5, 0.6) is 0 Å². The van der Waals surface area contributed by atoms with E-state index in [1.165, 1.54) is 0 Å². The van der Waals surface area contributed by atoms with Gasteiger partial charge in [-0.2, -0.15) is 0 Å². The Hall–Kier alpha value is -0.413. The van der Waals surface area contributed by atoms with E-state index in [-0.39, 0.29) is 0 Å². The van der Waals surface area contributed by atoms with Crippen LogP contribution in [-0.4, -0.2) is 43.9 Å². The van der Waals surface area contributed by atoms with Gasteiger partial charge in [0.2, 0.25) is 0 Å². The van der Waals surface area contributed by atoms with Crippen LogP contribution in [0.1, 0.15) is 40.0 Å². The summed E-state index contributed by atoms with van der Waals surface area (Å²) in [7, 11) is -6.21. The molecule has 0 radical (unpaired) electrons. The largest absolute Gasteiger partial charge is 0.297 e. The molecule has 22 heavy (non-hydrogen) atoms. The number of hydrogen-bond donors (Lipinski definition) is 0. The highest BCUT2D eigenvalue weighted by molar-refractivity contribution is 6.67. The normalized spacial score (nSPS) is 19.6. The Balaban J connectivity index is 6.12. The monoisotopic (exact) mass is 362 g/mol. The molecule has 0 amide bonds. The Morgan fingerprint density at radius 1 is 0.591 bits per heavy atom. The van der Waals surface area contributed by atoms with Crippen LogP contribution in [0, 0.1) is 0 Å². The molecule has 0 N–H and O–H groups in total. The van der Waals surface area contributed by atoms with Gasteiger partial charge in [-0.3, -0.25) is 0 Å². The molecule has 0 fully saturated rings. The van der Waals surface area contributed by atoms with E-state index >= 15 is 0 Å². The van der Waals surface area contributed by atoms with Gasteiger partial charge in [0.15, 0.2) is 18.5 Å². The lowest BCUT2D eigenvalue weighted by atomic mass is 10.3. The maximum absolute atomic E-state index is 13.9. The van der Waals surface area contributed by atoms with Gasteiger partial charge < -0.3 is 0 Å². The van der Waals surface area contributed by atoms with Gasteiger partial charge in [0.1, 0.15) is 0 Å². The highest BCUT2D eigenvalue weighted by Gasteiger charge is 2.74. The predicted octanol–water partition coefficient (Wildman–Crippen LogP) is 4.98. The van der Waals surface area contributed by atoms with E-state index in [0.717, 1.165) is 20.8 Å². The van der Waals surface area contributed by atoms with Crippen molar-refractivity contribution in [2.75, 3.05) is 0 Å². The second-order valence-electron chi connectivity index (χ2n) is 5.08. The highest BCUT2D eigenvalue weighted by Crippen LogP contribution is 2.47. The van der Waals surface area contributed by atoms with Gasteiger partial charge in [0.25, 0.3) is 25.4 Å². The molecule has 0 aromatic rings. The Kier molecular flexibility index (Phi) is 7.30. The van der Waals surface area contributed by atoms with E-state index in [4.69, 9.17) is 0 Å². The lowest BCUT2D eigenvalue weighted by Crippen LogP contribution is -2.70. The predicted molar refractivity (Wildman–Crippen MR) is 67.6 cm³/mol. The average molecular weight is 362 g/mol. The summed E-state index contributed by atoms with van der Waals surface area (Å²) in [5.74, 6) is 0. The Morgan fingerprint density at radius 3 is 0.909 bits per heavy atom. The van der Waals surface area contributed by atoms with Gasteiger partial charge in [0, 0.05) is 0 Å². The van der Waals surface area contributed by atoms with E-state index in [0.29, 0.717) is 0 Å². The van der Waals surface area contributed by atoms with Gasteiger partial charge in [-0.25, -0.2) is 39.5 Å². The fraction of sp³-hybridized carbons (Fsp3) is 1.00. The number of alkyl halides is 9. The first kappa shape index (κ1) is 21.6. The molecule has 0 aliphatic rings. The molecule has 0 saturated heterocycles. The Bertz CT molecular complexity index is 295. The lowest BCUT2D eigenvalue weighted by Gasteiger charge is -2.39. The average Bonchev–Trinajstić information content (AvgIpc) is 2.42. The summed E-state index contributed by atoms with van der Waals surface area (Å²) >= 11 is 0. The minimum atomic E-state index is -6.21. The van der Waals surface area contributed by atoms with E-state index in [1.54, 1.807) is 0 Å². The van der Waals surface area contributed by atoms with Crippen molar-refractivity contribution in [3.63, 3.8) is 0 Å². The van der Waals surface area contributed by atoms with Crippen LogP contribution in [-0.2, 0) is 0 Å². The van der Waals surface area contributed by atoms with Crippen LogP contribution < -0.4 is 0 Å². The van der Waals surface area contributed by atoms with Crippen molar-refractivity contribution in [3.05, 3.63) is 0 Å². The smallest absolute Gasteiger partial charge is 0.241 e. The van der Waals surface area contributed by atoms with Crippen LogP contribution in [0.3, 0.4) is 0 Å². The van der Waals surface area contributed by atoms with Crippen molar-refractivity contribution in [1.82, 2.24) is 0 Å². The molecule has 0 nitrogen and oxygen atoms in total. The van der Waals surface area contributed by atoms with Crippen molar-refractivity contribution in [3.8, 4) is 0 Å². The Morgan fingerprint density at radius 2 is 0.773 bits per heavy atom. The molecule has 0 bridgehead atoms. The van der Waals surface area contributed by atoms with Crippen molar-refractivity contribution in [1.29, 1.82) is 0 Å². The third kappa shape index (κ3) is 3.91. The fourth-order valence-corrected chi connectivity index (χ4v) is 5.46. The zero-order chi connectivity index (χ0) is 17.9. The molecule has 0 aliphatic carbocycles. The van der Waals surface area contributed by atoms with Crippen molar-refractivity contribution >= 4 is 8.80 Å². The summed E-state index contributed by atoms with van der Waals surface area (Å²) in [5, 5.41) is 0. The quantitative estimate of drug-likeness (QED) is 0.401. The highest BCUT2D eigenvalue weighted by atomic mass is 28.3. The zero-order valence-electron chi connectivity index (χ0n) is 12.3. The summed E-state index contributed by atoms with van der Waals surface area (Å²) in [6.45, 7) is 2.54. The molecule has 134 valence electrons. The molecule has 0 spiro atoms. The molecule has 0 heterocycles. The van der Waals surface area contributed by atoms with E-state index in [2.05, 4.69) is 0 Å². The molecule has 0 saturated carbocycles. The van der Waals surface area contributed by atoms with Crippen LogP contribution in [0.25, 0.3) is 0 Å². The van der Waals surface area contributed by atoms with Crippen LogP contribution in [0.15, 0.2) is 0 Å². The van der Waals surface area contributed by atoms with Crippen LogP contribution in [0.4, 0.5) is 39.5 Å². The molecule has 3 atom stereocenters. The number of halogens is 9. The number of rotatable bonds is 9. The van der Waals surface area contributed by atoms with Gasteiger partial charge >= 0.3 is 0 Å². The summed E-state index contributed by atoms with van der Waals surface area (Å²) in [6, 6.07) is 0. The first-order chi connectivity index (χ1) is 9.81. The third-order valence-corrected chi connectivity index (χ3v) is 6.88.